The number of benzene rings is 16. The monoisotopic (exact) mass is 1320 g/mol. The summed E-state index contributed by atoms with van der Waals surface area (Å²) in [6, 6.07) is 120. The topological polar surface area (TPSA) is 71.3 Å². The van der Waals surface area contributed by atoms with E-state index >= 15 is 0 Å². The summed E-state index contributed by atoms with van der Waals surface area (Å²) in [6.07, 6.45) is 0. The van der Waals surface area contributed by atoms with Gasteiger partial charge in [0.1, 0.15) is 11.4 Å². The minimum Gasteiger partial charge on any atom is -0.309 e. The van der Waals surface area contributed by atoms with Gasteiger partial charge in [-0.2, -0.15) is 0 Å². The van der Waals surface area contributed by atoms with Crippen molar-refractivity contribution in [3.63, 3.8) is 0 Å². The zero-order valence-electron chi connectivity index (χ0n) is 55.8. The number of nitrogens with zero attached hydrogens (tertiary/aromatic N) is 8. The van der Waals surface area contributed by atoms with Gasteiger partial charge in [0.2, 0.25) is 0 Å². The lowest BCUT2D eigenvalue weighted by Crippen LogP contribution is -2.02. The average Bonchev–Trinajstić information content (AvgIpc) is 1.56. The molecule has 2 aliphatic rings. The molecular formula is C96H54N8. The van der Waals surface area contributed by atoms with Crippen LogP contribution in [0.3, 0.4) is 0 Å². The van der Waals surface area contributed by atoms with Crippen molar-refractivity contribution >= 4 is 131 Å². The quantitative estimate of drug-likeness (QED) is 0.172. The molecule has 22 aromatic rings. The second-order valence-electron chi connectivity index (χ2n) is 28.0. The van der Waals surface area contributed by atoms with Gasteiger partial charge in [0, 0.05) is 76.7 Å². The smallest absolute Gasteiger partial charge is 0.165 e. The van der Waals surface area contributed by atoms with Crippen LogP contribution in [-0.2, 0) is 0 Å². The first-order valence-electron chi connectivity index (χ1n) is 35.6. The third kappa shape index (κ3) is 7.69. The summed E-state index contributed by atoms with van der Waals surface area (Å²) >= 11 is 0. The lowest BCUT2D eigenvalue weighted by atomic mass is 9.93. The molecule has 104 heavy (non-hydrogen) atoms. The number of hydrogen-bond donors (Lipinski definition) is 0. The van der Waals surface area contributed by atoms with E-state index in [-0.39, 0.29) is 0 Å². The van der Waals surface area contributed by atoms with Gasteiger partial charge < -0.3 is 9.13 Å². The number of aromatic nitrogens is 8. The Morgan fingerprint density at radius 1 is 0.192 bits per heavy atom. The summed E-state index contributed by atoms with van der Waals surface area (Å²) in [4.78, 5) is 21.5. The number of para-hydroxylation sites is 8. The second-order valence-corrected chi connectivity index (χ2v) is 28.0. The normalized spacial score (nSPS) is 12.4. The number of fused-ring (bicyclic) bond motifs is 27. The highest BCUT2D eigenvalue weighted by Crippen LogP contribution is 2.51. The third-order valence-electron chi connectivity index (χ3n) is 22.6. The summed E-state index contributed by atoms with van der Waals surface area (Å²) in [5, 5.41) is 14.4. The average molecular weight is 1320 g/mol. The molecule has 8 heterocycles. The summed E-state index contributed by atoms with van der Waals surface area (Å²) in [6.45, 7) is 0. The molecule has 0 unspecified atom stereocenters. The molecule has 0 spiro atoms. The van der Waals surface area contributed by atoms with Crippen LogP contribution in [0.15, 0.2) is 328 Å². The predicted molar refractivity (Wildman–Crippen MR) is 430 cm³/mol. The van der Waals surface area contributed by atoms with Gasteiger partial charge in [0.15, 0.2) is 11.6 Å². The molecule has 8 heteroatoms. The molecule has 6 aromatic heterocycles. The van der Waals surface area contributed by atoms with Crippen molar-refractivity contribution in [2.24, 2.45) is 0 Å². The van der Waals surface area contributed by atoms with Crippen LogP contribution in [0.1, 0.15) is 0 Å². The van der Waals surface area contributed by atoms with E-state index in [1.54, 1.807) is 0 Å². The SMILES string of the molecule is c1ccc(-n2c3cc(-c4ccc5c(c4)c4cccc6c4n5-c4nc5ccccc5nc4-c4ccccc4-6)ccc3c3cc4cc(-c5cccc6c5ccc5c6c6ccc(-c7ccc8c(c7)c7cccc9c7n8-c7nc8ccccc8nc7-c7ccccc7-9)cc6n5-c5ccccc5)ccc4cc32)cc1. The Labute approximate surface area is 594 Å². The van der Waals surface area contributed by atoms with Crippen molar-refractivity contribution in [3.8, 4) is 101 Å². The van der Waals surface area contributed by atoms with E-state index in [4.69, 9.17) is 19.9 Å². The van der Waals surface area contributed by atoms with Crippen LogP contribution in [-0.4, -0.2) is 38.2 Å². The molecule has 0 saturated carbocycles. The fourth-order valence-electron chi connectivity index (χ4n) is 18.0. The predicted octanol–water partition coefficient (Wildman–Crippen LogP) is 24.6. The van der Waals surface area contributed by atoms with Gasteiger partial charge in [-0.05, 0) is 175 Å². The zero-order chi connectivity index (χ0) is 67.6. The largest absolute Gasteiger partial charge is 0.309 e. The molecule has 0 radical (unpaired) electrons. The van der Waals surface area contributed by atoms with Gasteiger partial charge in [-0.15, -0.1) is 0 Å². The molecule has 0 aliphatic carbocycles. The number of hydrogen-bond acceptors (Lipinski definition) is 4. The van der Waals surface area contributed by atoms with E-state index in [1.165, 1.54) is 97.9 Å². The Kier molecular flexibility index (Phi) is 11.1. The molecular weight excluding hydrogens is 1270 g/mol. The highest BCUT2D eigenvalue weighted by Gasteiger charge is 2.30. The van der Waals surface area contributed by atoms with Crippen LogP contribution in [0.25, 0.3) is 232 Å². The van der Waals surface area contributed by atoms with Crippen molar-refractivity contribution in [1.82, 2.24) is 38.2 Å². The van der Waals surface area contributed by atoms with E-state index in [1.807, 2.05) is 24.3 Å². The molecule has 0 fully saturated rings. The maximum atomic E-state index is 5.41. The molecule has 0 amide bonds. The summed E-state index contributed by atoms with van der Waals surface area (Å²) < 4.78 is 9.64. The summed E-state index contributed by atoms with van der Waals surface area (Å²) in [5.41, 5.74) is 30.5. The molecule has 24 rings (SSSR count). The van der Waals surface area contributed by atoms with Crippen molar-refractivity contribution < 1.29 is 0 Å². The Morgan fingerprint density at radius 3 is 1.18 bits per heavy atom. The van der Waals surface area contributed by atoms with Crippen molar-refractivity contribution in [1.29, 1.82) is 0 Å². The molecule has 16 aromatic carbocycles. The van der Waals surface area contributed by atoms with E-state index in [0.717, 1.165) is 134 Å². The Bertz CT molecular complexity index is 7600. The Balaban J connectivity index is 0.637. The minimum atomic E-state index is 0.847. The fourth-order valence-corrected chi connectivity index (χ4v) is 18.0. The minimum absolute atomic E-state index is 0.847. The van der Waals surface area contributed by atoms with Crippen LogP contribution >= 0.6 is 0 Å². The maximum Gasteiger partial charge on any atom is 0.165 e. The van der Waals surface area contributed by atoms with Gasteiger partial charge in [-0.1, -0.05) is 218 Å². The lowest BCUT2D eigenvalue weighted by Gasteiger charge is -2.12. The van der Waals surface area contributed by atoms with Crippen molar-refractivity contribution in [3.05, 3.63) is 328 Å². The van der Waals surface area contributed by atoms with E-state index in [2.05, 4.69) is 322 Å². The van der Waals surface area contributed by atoms with E-state index in [0.29, 0.717) is 0 Å². The molecule has 478 valence electrons. The standard InChI is InChI=1S/C96H54N8/c1-3-18-62(19-4-1)101-86-47-44-67-64(26-15-27-69(67)90(86)76-43-39-58(53-88(76)101)56-41-46-85-79(50-56)75-31-17-29-73-66-23-8-10-25-71(66)92-96(104(85)94(73)75)100-83-35-14-12-33-81(83)98-92)60-37-36-59-54-89-77(51-61(59)48-60)68-42-38-57(52-87(68)102(89)63-20-5-2-6-21-63)55-40-45-84-78(49-55)74-30-16-28-72-65-22-7-9-24-70(65)91-95(103(84)93(72)74)99-82-34-13-11-32-80(82)97-91/h1-54H. The highest BCUT2D eigenvalue weighted by atomic mass is 15.1. The van der Waals surface area contributed by atoms with E-state index in [9.17, 15) is 0 Å². The number of rotatable bonds is 5. The molecule has 0 N–H and O–H groups in total. The van der Waals surface area contributed by atoms with Crippen LogP contribution in [0.2, 0.25) is 0 Å². The molecule has 2 aliphatic heterocycles. The van der Waals surface area contributed by atoms with Crippen molar-refractivity contribution in [2.45, 2.75) is 0 Å². The van der Waals surface area contributed by atoms with Crippen molar-refractivity contribution in [2.75, 3.05) is 0 Å². The van der Waals surface area contributed by atoms with Crippen LogP contribution in [0.5, 0.6) is 0 Å². The molecule has 0 bridgehead atoms. The molecule has 0 saturated heterocycles. The van der Waals surface area contributed by atoms with Crippen LogP contribution in [0, 0.1) is 0 Å². The first-order chi connectivity index (χ1) is 51.6. The molecule has 8 nitrogen and oxygen atoms in total. The lowest BCUT2D eigenvalue weighted by molar-refractivity contribution is 1.09. The summed E-state index contributed by atoms with van der Waals surface area (Å²) in [7, 11) is 0. The fraction of sp³-hybridized carbons (Fsp3) is 0. The van der Waals surface area contributed by atoms with Gasteiger partial charge in [0.25, 0.3) is 0 Å². The second kappa shape index (κ2) is 20.8. The van der Waals surface area contributed by atoms with Crippen LogP contribution < -0.4 is 0 Å². The summed E-state index contributed by atoms with van der Waals surface area (Å²) in [5.74, 6) is 1.69. The van der Waals surface area contributed by atoms with E-state index < -0.39 is 0 Å². The first-order valence-corrected chi connectivity index (χ1v) is 35.6. The highest BCUT2D eigenvalue weighted by molar-refractivity contribution is 6.25. The van der Waals surface area contributed by atoms with Crippen LogP contribution in [0.4, 0.5) is 0 Å². The zero-order valence-corrected chi connectivity index (χ0v) is 55.8. The third-order valence-corrected chi connectivity index (χ3v) is 22.6. The van der Waals surface area contributed by atoms with Gasteiger partial charge >= 0.3 is 0 Å². The Hall–Kier alpha value is -14.1. The Morgan fingerprint density at radius 2 is 0.606 bits per heavy atom. The van der Waals surface area contributed by atoms with Gasteiger partial charge in [0.05, 0.1) is 66.2 Å². The van der Waals surface area contributed by atoms with Gasteiger partial charge in [-0.3, -0.25) is 9.13 Å². The van der Waals surface area contributed by atoms with Gasteiger partial charge in [-0.25, -0.2) is 19.9 Å². The molecule has 0 atom stereocenters. The first kappa shape index (κ1) is 55.8. The maximum absolute atomic E-state index is 5.41.